The number of hydrogen-bond acceptors (Lipinski definition) is 4. The van der Waals surface area contributed by atoms with Crippen molar-refractivity contribution in [1.29, 1.82) is 0 Å². The van der Waals surface area contributed by atoms with Gasteiger partial charge in [0.15, 0.2) is 0 Å². The average Bonchev–Trinajstić information content (AvgIpc) is 2.49. The number of piperazine rings is 1. The van der Waals surface area contributed by atoms with Crippen LogP contribution in [0.1, 0.15) is 6.92 Å². The number of rotatable bonds is 2. The van der Waals surface area contributed by atoms with E-state index in [1.54, 1.807) is 0 Å². The number of fused-ring (bicyclic) bond motifs is 1. The van der Waals surface area contributed by atoms with Crippen molar-refractivity contribution < 1.29 is 4.79 Å². The number of carbonyl (C=O) groups excluding carboxylic acids is 1. The molecule has 2 aliphatic heterocycles. The quantitative estimate of drug-likeness (QED) is 0.894. The first-order valence-corrected chi connectivity index (χ1v) is 8.21. The maximum Gasteiger partial charge on any atom is 0.241 e. The van der Waals surface area contributed by atoms with Gasteiger partial charge in [-0.15, -0.1) is 11.8 Å². The summed E-state index contributed by atoms with van der Waals surface area (Å²) in [6, 6.07) is 8.64. The summed E-state index contributed by atoms with van der Waals surface area (Å²) in [5, 5.41) is 3.36. The Morgan fingerprint density at radius 2 is 2.25 bits per heavy atom. The maximum atomic E-state index is 12.6. The lowest BCUT2D eigenvalue weighted by Crippen LogP contribution is -2.53. The average molecular weight is 291 g/mol. The first-order valence-electron chi connectivity index (χ1n) is 7.22. The summed E-state index contributed by atoms with van der Waals surface area (Å²) in [7, 11) is 0. The van der Waals surface area contributed by atoms with E-state index in [2.05, 4.69) is 29.3 Å². The molecular weight excluding hydrogens is 270 g/mol. The molecule has 1 N–H and O–H groups in total. The fourth-order valence-corrected chi connectivity index (χ4v) is 3.80. The van der Waals surface area contributed by atoms with Crippen molar-refractivity contribution in [3.05, 3.63) is 24.3 Å². The van der Waals surface area contributed by atoms with Gasteiger partial charge in [-0.3, -0.25) is 9.69 Å². The largest absolute Gasteiger partial charge is 0.314 e. The Morgan fingerprint density at radius 1 is 1.40 bits per heavy atom. The summed E-state index contributed by atoms with van der Waals surface area (Å²) < 4.78 is 0. The molecule has 1 atom stereocenters. The van der Waals surface area contributed by atoms with Crippen LogP contribution in [0.15, 0.2) is 29.2 Å². The molecule has 3 rings (SSSR count). The standard InChI is InChI=1S/C15H21N3OS/c1-12-10-16-6-7-17(12)11-15(19)18-8-9-20-14-5-3-2-4-13(14)18/h2-5,12,16H,6-11H2,1H3. The molecular formula is C15H21N3OS. The number of para-hydroxylation sites is 1. The molecule has 1 amide bonds. The highest BCUT2D eigenvalue weighted by atomic mass is 32.2. The van der Waals surface area contributed by atoms with Crippen LogP contribution in [-0.4, -0.2) is 55.3 Å². The molecule has 0 aromatic heterocycles. The number of nitrogens with one attached hydrogen (secondary N) is 1. The number of hydrogen-bond donors (Lipinski definition) is 1. The highest BCUT2D eigenvalue weighted by Crippen LogP contribution is 2.34. The SMILES string of the molecule is CC1CNCCN1CC(=O)N1CCSc2ccccc21. The zero-order chi connectivity index (χ0) is 13.9. The second-order valence-corrected chi connectivity index (χ2v) is 6.52. The molecule has 4 nitrogen and oxygen atoms in total. The van der Waals surface area contributed by atoms with Crippen molar-refractivity contribution in [2.24, 2.45) is 0 Å². The predicted molar refractivity (Wildman–Crippen MR) is 83.4 cm³/mol. The zero-order valence-corrected chi connectivity index (χ0v) is 12.7. The van der Waals surface area contributed by atoms with Gasteiger partial charge in [-0.1, -0.05) is 12.1 Å². The van der Waals surface area contributed by atoms with Gasteiger partial charge in [0, 0.05) is 42.9 Å². The third-order valence-corrected chi connectivity index (χ3v) is 5.05. The third kappa shape index (κ3) is 2.85. The van der Waals surface area contributed by atoms with E-state index in [1.807, 2.05) is 28.8 Å². The molecule has 5 heteroatoms. The molecule has 0 aliphatic carbocycles. The summed E-state index contributed by atoms with van der Waals surface area (Å²) in [6.45, 7) is 6.43. The fraction of sp³-hybridized carbons (Fsp3) is 0.533. The number of anilines is 1. The molecule has 0 bridgehead atoms. The van der Waals surface area contributed by atoms with Gasteiger partial charge >= 0.3 is 0 Å². The van der Waals surface area contributed by atoms with E-state index in [0.29, 0.717) is 12.6 Å². The van der Waals surface area contributed by atoms with Crippen molar-refractivity contribution in [3.63, 3.8) is 0 Å². The van der Waals surface area contributed by atoms with Gasteiger partial charge in [0.2, 0.25) is 5.91 Å². The van der Waals surface area contributed by atoms with Gasteiger partial charge in [-0.05, 0) is 19.1 Å². The van der Waals surface area contributed by atoms with Gasteiger partial charge < -0.3 is 10.2 Å². The Morgan fingerprint density at radius 3 is 3.10 bits per heavy atom. The van der Waals surface area contributed by atoms with Crippen LogP contribution in [0.4, 0.5) is 5.69 Å². The molecule has 0 saturated carbocycles. The third-order valence-electron chi connectivity index (χ3n) is 4.01. The van der Waals surface area contributed by atoms with Gasteiger partial charge in [-0.2, -0.15) is 0 Å². The minimum Gasteiger partial charge on any atom is -0.314 e. The molecule has 0 spiro atoms. The van der Waals surface area contributed by atoms with E-state index in [1.165, 1.54) is 4.90 Å². The Kier molecular flexibility index (Phi) is 4.29. The molecule has 2 aliphatic rings. The number of thioether (sulfide) groups is 1. The second kappa shape index (κ2) is 6.16. The van der Waals surface area contributed by atoms with Crippen molar-refractivity contribution in [3.8, 4) is 0 Å². The monoisotopic (exact) mass is 291 g/mol. The van der Waals surface area contributed by atoms with E-state index >= 15 is 0 Å². The van der Waals surface area contributed by atoms with Gasteiger partial charge in [0.05, 0.1) is 12.2 Å². The first-order chi connectivity index (χ1) is 9.75. The molecule has 108 valence electrons. The lowest BCUT2D eigenvalue weighted by atomic mass is 10.2. The molecule has 1 unspecified atom stereocenters. The zero-order valence-electron chi connectivity index (χ0n) is 11.8. The highest BCUT2D eigenvalue weighted by molar-refractivity contribution is 7.99. The smallest absolute Gasteiger partial charge is 0.241 e. The van der Waals surface area contributed by atoms with Crippen molar-refractivity contribution in [1.82, 2.24) is 10.2 Å². The Bertz CT molecular complexity index is 494. The summed E-state index contributed by atoms with van der Waals surface area (Å²) >= 11 is 1.84. The summed E-state index contributed by atoms with van der Waals surface area (Å²) in [4.78, 5) is 18.1. The van der Waals surface area contributed by atoms with Gasteiger partial charge in [0.25, 0.3) is 0 Å². The van der Waals surface area contributed by atoms with E-state index in [0.717, 1.165) is 37.6 Å². The van der Waals surface area contributed by atoms with Gasteiger partial charge in [-0.25, -0.2) is 0 Å². The van der Waals surface area contributed by atoms with Crippen LogP contribution in [0.25, 0.3) is 0 Å². The maximum absolute atomic E-state index is 12.6. The minimum absolute atomic E-state index is 0.228. The molecule has 2 heterocycles. The second-order valence-electron chi connectivity index (χ2n) is 5.39. The molecule has 1 aromatic carbocycles. The predicted octanol–water partition coefficient (Wildman–Crippen LogP) is 1.42. The minimum atomic E-state index is 0.228. The van der Waals surface area contributed by atoms with Crippen LogP contribution in [0.3, 0.4) is 0 Å². The number of benzene rings is 1. The first kappa shape index (κ1) is 13.9. The Hall–Kier alpha value is -1.04. The van der Waals surface area contributed by atoms with Crippen LogP contribution < -0.4 is 10.2 Å². The van der Waals surface area contributed by atoms with E-state index in [-0.39, 0.29) is 5.91 Å². The van der Waals surface area contributed by atoms with Crippen molar-refractivity contribution in [2.45, 2.75) is 17.9 Å². The van der Waals surface area contributed by atoms with E-state index < -0.39 is 0 Å². The molecule has 20 heavy (non-hydrogen) atoms. The molecule has 1 aromatic rings. The normalized spacial score (nSPS) is 23.4. The van der Waals surface area contributed by atoms with Crippen molar-refractivity contribution >= 4 is 23.4 Å². The molecule has 0 radical (unpaired) electrons. The van der Waals surface area contributed by atoms with E-state index in [9.17, 15) is 4.79 Å². The van der Waals surface area contributed by atoms with Crippen LogP contribution >= 0.6 is 11.8 Å². The molecule has 1 fully saturated rings. The number of amides is 1. The topological polar surface area (TPSA) is 35.6 Å². The lowest BCUT2D eigenvalue weighted by molar-refractivity contribution is -0.120. The lowest BCUT2D eigenvalue weighted by Gasteiger charge is -2.36. The number of nitrogens with zero attached hydrogens (tertiary/aromatic N) is 2. The Labute approximate surface area is 124 Å². The van der Waals surface area contributed by atoms with E-state index in [4.69, 9.17) is 0 Å². The Balaban J connectivity index is 1.72. The number of carbonyl (C=O) groups is 1. The fourth-order valence-electron chi connectivity index (χ4n) is 2.81. The van der Waals surface area contributed by atoms with Crippen LogP contribution in [-0.2, 0) is 4.79 Å². The van der Waals surface area contributed by atoms with Gasteiger partial charge in [0.1, 0.15) is 0 Å². The highest BCUT2D eigenvalue weighted by Gasteiger charge is 2.26. The van der Waals surface area contributed by atoms with Crippen LogP contribution in [0.2, 0.25) is 0 Å². The molecule has 1 saturated heterocycles. The summed E-state index contributed by atoms with van der Waals surface area (Å²) in [6.07, 6.45) is 0. The van der Waals surface area contributed by atoms with Crippen LogP contribution in [0.5, 0.6) is 0 Å². The summed E-state index contributed by atoms with van der Waals surface area (Å²) in [5.41, 5.74) is 1.08. The van der Waals surface area contributed by atoms with Crippen molar-refractivity contribution in [2.75, 3.05) is 43.4 Å². The summed E-state index contributed by atoms with van der Waals surface area (Å²) in [5.74, 6) is 1.21. The van der Waals surface area contributed by atoms with Crippen LogP contribution in [0, 0.1) is 0 Å².